The molecular formula is C18H21FN4O2. The first-order valence-corrected chi connectivity index (χ1v) is 8.12. The number of aromatic nitrogens is 1. The van der Waals surface area contributed by atoms with Gasteiger partial charge in [0.2, 0.25) is 0 Å². The SMILES string of the molecule is CN=C(NCCc1ccccn1)NCc1cc(F)cc2c1OCOC2. The number of nitrogens with zero attached hydrogens (tertiary/aromatic N) is 2. The average Bonchev–Trinajstić information content (AvgIpc) is 2.65. The van der Waals surface area contributed by atoms with Gasteiger partial charge in [-0.25, -0.2) is 4.39 Å². The Kier molecular flexibility index (Phi) is 5.79. The molecule has 2 N–H and O–H groups in total. The van der Waals surface area contributed by atoms with Crippen LogP contribution >= 0.6 is 0 Å². The molecule has 0 unspecified atom stereocenters. The molecule has 1 aliphatic rings. The molecule has 0 amide bonds. The van der Waals surface area contributed by atoms with Crippen molar-refractivity contribution in [3.05, 3.63) is 59.2 Å². The predicted molar refractivity (Wildman–Crippen MR) is 92.8 cm³/mol. The Balaban J connectivity index is 1.55. The number of rotatable bonds is 5. The van der Waals surface area contributed by atoms with Gasteiger partial charge in [-0.2, -0.15) is 0 Å². The van der Waals surface area contributed by atoms with Crippen molar-refractivity contribution in [3.63, 3.8) is 0 Å². The summed E-state index contributed by atoms with van der Waals surface area (Å²) in [4.78, 5) is 8.47. The lowest BCUT2D eigenvalue weighted by molar-refractivity contribution is -0.0172. The Morgan fingerprint density at radius 3 is 3.04 bits per heavy atom. The van der Waals surface area contributed by atoms with E-state index in [1.165, 1.54) is 12.1 Å². The first-order valence-electron chi connectivity index (χ1n) is 8.12. The second-order valence-corrected chi connectivity index (χ2v) is 5.59. The van der Waals surface area contributed by atoms with Crippen molar-refractivity contribution in [2.24, 2.45) is 4.99 Å². The van der Waals surface area contributed by atoms with Gasteiger partial charge in [-0.3, -0.25) is 9.98 Å². The number of benzene rings is 1. The van der Waals surface area contributed by atoms with E-state index in [1.54, 1.807) is 13.2 Å². The number of ether oxygens (including phenoxy) is 2. The van der Waals surface area contributed by atoms with Gasteiger partial charge in [-0.05, 0) is 24.3 Å². The molecule has 1 aliphatic heterocycles. The summed E-state index contributed by atoms with van der Waals surface area (Å²) in [5.74, 6) is 1.02. The monoisotopic (exact) mass is 344 g/mol. The zero-order chi connectivity index (χ0) is 17.5. The number of fused-ring (bicyclic) bond motifs is 1. The number of pyridine rings is 1. The maximum Gasteiger partial charge on any atom is 0.191 e. The zero-order valence-electron chi connectivity index (χ0n) is 14.1. The highest BCUT2D eigenvalue weighted by molar-refractivity contribution is 5.79. The van der Waals surface area contributed by atoms with E-state index in [-0.39, 0.29) is 12.6 Å². The van der Waals surface area contributed by atoms with Crippen molar-refractivity contribution in [3.8, 4) is 5.75 Å². The van der Waals surface area contributed by atoms with Crippen LogP contribution in [0.1, 0.15) is 16.8 Å². The standard InChI is InChI=1S/C18H21FN4O2/c1-20-18(22-7-5-16-4-2-3-6-21-16)23-10-13-8-15(19)9-14-11-24-12-25-17(13)14/h2-4,6,8-9H,5,7,10-12H2,1H3,(H2,20,22,23). The van der Waals surface area contributed by atoms with Crippen molar-refractivity contribution in [2.75, 3.05) is 20.4 Å². The molecule has 0 radical (unpaired) electrons. The van der Waals surface area contributed by atoms with Gasteiger partial charge in [0.05, 0.1) is 6.61 Å². The summed E-state index contributed by atoms with van der Waals surface area (Å²) < 4.78 is 24.5. The third-order valence-electron chi connectivity index (χ3n) is 3.82. The highest BCUT2D eigenvalue weighted by Crippen LogP contribution is 2.29. The highest BCUT2D eigenvalue weighted by atomic mass is 19.1. The van der Waals surface area contributed by atoms with E-state index < -0.39 is 0 Å². The fourth-order valence-electron chi connectivity index (χ4n) is 2.64. The van der Waals surface area contributed by atoms with Gasteiger partial charge in [0.1, 0.15) is 11.6 Å². The lowest BCUT2D eigenvalue weighted by Crippen LogP contribution is -2.38. The van der Waals surface area contributed by atoms with Gasteiger partial charge >= 0.3 is 0 Å². The number of nitrogens with one attached hydrogen (secondary N) is 2. The van der Waals surface area contributed by atoms with Gasteiger partial charge in [0, 0.05) is 49.6 Å². The summed E-state index contributed by atoms with van der Waals surface area (Å²) in [5, 5.41) is 6.40. The highest BCUT2D eigenvalue weighted by Gasteiger charge is 2.17. The van der Waals surface area contributed by atoms with Crippen molar-refractivity contribution in [1.29, 1.82) is 0 Å². The molecule has 1 aromatic heterocycles. The van der Waals surface area contributed by atoms with Crippen LogP contribution in [-0.4, -0.2) is 31.3 Å². The van der Waals surface area contributed by atoms with Crippen LogP contribution in [0.2, 0.25) is 0 Å². The van der Waals surface area contributed by atoms with Crippen LogP contribution < -0.4 is 15.4 Å². The average molecular weight is 344 g/mol. The Morgan fingerprint density at radius 2 is 2.24 bits per heavy atom. The largest absolute Gasteiger partial charge is 0.467 e. The summed E-state index contributed by atoms with van der Waals surface area (Å²) in [7, 11) is 1.70. The molecule has 0 saturated carbocycles. The Morgan fingerprint density at radius 1 is 1.32 bits per heavy atom. The Hall–Kier alpha value is -2.67. The Bertz CT molecular complexity index is 737. The second-order valence-electron chi connectivity index (χ2n) is 5.59. The molecule has 132 valence electrons. The Labute approximate surface area is 146 Å². The molecule has 0 atom stereocenters. The first kappa shape index (κ1) is 17.2. The minimum absolute atomic E-state index is 0.183. The summed E-state index contributed by atoms with van der Waals surface area (Å²) >= 11 is 0. The third-order valence-corrected chi connectivity index (χ3v) is 3.82. The van der Waals surface area contributed by atoms with E-state index in [2.05, 4.69) is 20.6 Å². The molecule has 2 heterocycles. The second kappa shape index (κ2) is 8.43. The number of hydrogen-bond donors (Lipinski definition) is 2. The van der Waals surface area contributed by atoms with E-state index in [1.807, 2.05) is 18.2 Å². The molecule has 0 saturated heterocycles. The summed E-state index contributed by atoms with van der Waals surface area (Å²) in [6, 6.07) is 8.75. The molecule has 1 aromatic carbocycles. The maximum atomic E-state index is 13.8. The zero-order valence-corrected chi connectivity index (χ0v) is 14.1. The number of hydrogen-bond acceptors (Lipinski definition) is 4. The van der Waals surface area contributed by atoms with Gasteiger partial charge in [-0.15, -0.1) is 0 Å². The van der Waals surface area contributed by atoms with E-state index in [9.17, 15) is 4.39 Å². The maximum absolute atomic E-state index is 13.8. The first-order chi connectivity index (χ1) is 12.3. The molecule has 0 fully saturated rings. The van der Waals surface area contributed by atoms with E-state index >= 15 is 0 Å². The van der Waals surface area contributed by atoms with Crippen LogP contribution in [0, 0.1) is 5.82 Å². The van der Waals surface area contributed by atoms with Crippen LogP contribution in [0.25, 0.3) is 0 Å². The lowest BCUT2D eigenvalue weighted by Gasteiger charge is -2.21. The number of aliphatic imine (C=N–C) groups is 1. The molecule has 2 aromatic rings. The van der Waals surface area contributed by atoms with Gasteiger partial charge in [0.15, 0.2) is 12.8 Å². The summed E-state index contributed by atoms with van der Waals surface area (Å²) in [6.07, 6.45) is 2.57. The topological polar surface area (TPSA) is 67.8 Å². The third kappa shape index (κ3) is 4.67. The molecule has 3 rings (SSSR count). The molecule has 0 spiro atoms. The molecule has 6 nitrogen and oxygen atoms in total. The van der Waals surface area contributed by atoms with E-state index in [4.69, 9.17) is 9.47 Å². The van der Waals surface area contributed by atoms with E-state index in [0.717, 1.165) is 23.2 Å². The molecular weight excluding hydrogens is 323 g/mol. The van der Waals surface area contributed by atoms with Crippen LogP contribution in [0.5, 0.6) is 5.75 Å². The summed E-state index contributed by atoms with van der Waals surface area (Å²) in [6.45, 7) is 1.64. The van der Waals surface area contributed by atoms with Crippen molar-refractivity contribution >= 4 is 5.96 Å². The normalized spacial score (nSPS) is 13.8. The van der Waals surface area contributed by atoms with Gasteiger partial charge in [-0.1, -0.05) is 6.07 Å². The lowest BCUT2D eigenvalue weighted by atomic mass is 10.1. The summed E-state index contributed by atoms with van der Waals surface area (Å²) in [5.41, 5.74) is 2.48. The predicted octanol–water partition coefficient (Wildman–Crippen LogP) is 1.99. The van der Waals surface area contributed by atoms with E-state index in [0.29, 0.717) is 31.4 Å². The molecule has 25 heavy (non-hydrogen) atoms. The fourth-order valence-corrected chi connectivity index (χ4v) is 2.64. The molecule has 7 heteroatoms. The minimum atomic E-state index is -0.303. The van der Waals surface area contributed by atoms with Crippen LogP contribution in [-0.2, 0) is 24.3 Å². The van der Waals surface area contributed by atoms with Crippen LogP contribution in [0.3, 0.4) is 0 Å². The number of guanidine groups is 1. The fraction of sp³-hybridized carbons (Fsp3) is 0.333. The molecule has 0 bridgehead atoms. The van der Waals surface area contributed by atoms with Crippen molar-refractivity contribution in [2.45, 2.75) is 19.6 Å². The quantitative estimate of drug-likeness (QED) is 0.641. The van der Waals surface area contributed by atoms with Crippen LogP contribution in [0.4, 0.5) is 4.39 Å². The van der Waals surface area contributed by atoms with Crippen LogP contribution in [0.15, 0.2) is 41.5 Å². The molecule has 0 aliphatic carbocycles. The van der Waals surface area contributed by atoms with Gasteiger partial charge in [0.25, 0.3) is 0 Å². The van der Waals surface area contributed by atoms with Crippen molar-refractivity contribution < 1.29 is 13.9 Å². The van der Waals surface area contributed by atoms with Gasteiger partial charge < -0.3 is 20.1 Å². The smallest absolute Gasteiger partial charge is 0.191 e. The minimum Gasteiger partial charge on any atom is -0.467 e. The number of halogens is 1. The van der Waals surface area contributed by atoms with Crippen molar-refractivity contribution in [1.82, 2.24) is 15.6 Å².